The lowest BCUT2D eigenvalue weighted by Gasteiger charge is -2.08. The number of phenolic OH excluding ortho intramolecular Hbond substituents is 2. The summed E-state index contributed by atoms with van der Waals surface area (Å²) < 4.78 is 31.1. The zero-order valence-corrected chi connectivity index (χ0v) is 10.8. The predicted molar refractivity (Wildman–Crippen MR) is 69.5 cm³/mol. The van der Waals surface area contributed by atoms with Crippen LogP contribution in [-0.4, -0.2) is 29.0 Å². The van der Waals surface area contributed by atoms with Gasteiger partial charge in [-0.2, -0.15) is 8.42 Å². The predicted octanol–water partition coefficient (Wildman–Crippen LogP) is 1.58. The van der Waals surface area contributed by atoms with Crippen molar-refractivity contribution >= 4 is 15.9 Å². The topological polar surface area (TPSA) is 112 Å². The molecule has 0 aliphatic heterocycles. The van der Waals surface area contributed by atoms with E-state index in [1.165, 1.54) is 12.1 Å². The van der Waals surface area contributed by atoms with Gasteiger partial charge in [0.1, 0.15) is 0 Å². The first-order valence-corrected chi connectivity index (χ1v) is 6.88. The molecule has 104 valence electrons. The highest BCUT2D eigenvalue weighted by Crippen LogP contribution is 2.33. The van der Waals surface area contributed by atoms with Crippen LogP contribution in [0.3, 0.4) is 0 Å². The summed E-state index contributed by atoms with van der Waals surface area (Å²) in [5.74, 6) is -2.23. The van der Waals surface area contributed by atoms with E-state index < -0.39 is 37.9 Å². The highest BCUT2D eigenvalue weighted by molar-refractivity contribution is 7.85. The van der Waals surface area contributed by atoms with E-state index in [0.29, 0.717) is 6.07 Å². The van der Waals surface area contributed by atoms with Gasteiger partial charge in [0.2, 0.25) is 0 Å². The average Bonchev–Trinajstić information content (AvgIpc) is 2.40. The number of carbonyl (C=O) groups is 1. The van der Waals surface area contributed by atoms with Crippen LogP contribution >= 0.6 is 0 Å². The summed E-state index contributed by atoms with van der Waals surface area (Å²) in [5.41, 5.74) is -0.210. The Kier molecular flexibility index (Phi) is 3.47. The molecule has 2 aromatic carbocycles. The Bertz CT molecular complexity index is 765. The minimum Gasteiger partial charge on any atom is -0.504 e. The number of ketones is 1. The second kappa shape index (κ2) is 4.95. The molecule has 0 bridgehead atoms. The molecule has 0 heterocycles. The molecule has 2 rings (SSSR count). The third-order valence-corrected chi connectivity index (χ3v) is 3.47. The van der Waals surface area contributed by atoms with Crippen molar-refractivity contribution in [2.75, 3.05) is 0 Å². The van der Waals surface area contributed by atoms with Gasteiger partial charge in [-0.3, -0.25) is 9.35 Å². The molecule has 6 nitrogen and oxygen atoms in total. The van der Waals surface area contributed by atoms with E-state index in [-0.39, 0.29) is 5.56 Å². The molecular weight excluding hydrogens is 284 g/mol. The van der Waals surface area contributed by atoms with Gasteiger partial charge in [-0.1, -0.05) is 30.3 Å². The van der Waals surface area contributed by atoms with Crippen molar-refractivity contribution < 1.29 is 28.0 Å². The second-order valence-corrected chi connectivity index (χ2v) is 5.43. The Morgan fingerprint density at radius 2 is 1.60 bits per heavy atom. The van der Waals surface area contributed by atoms with Gasteiger partial charge in [-0.15, -0.1) is 0 Å². The van der Waals surface area contributed by atoms with E-state index in [1.54, 1.807) is 18.2 Å². The highest BCUT2D eigenvalue weighted by Gasteiger charge is 2.21. The fourth-order valence-electron chi connectivity index (χ4n) is 1.66. The lowest BCUT2D eigenvalue weighted by molar-refractivity contribution is 0.103. The van der Waals surface area contributed by atoms with Crippen LogP contribution < -0.4 is 0 Å². The summed E-state index contributed by atoms with van der Waals surface area (Å²) in [7, 11) is -4.60. The summed E-state index contributed by atoms with van der Waals surface area (Å²) in [6, 6.07) is 9.28. The van der Waals surface area contributed by atoms with Gasteiger partial charge in [0.25, 0.3) is 10.1 Å². The van der Waals surface area contributed by atoms with Gasteiger partial charge < -0.3 is 10.2 Å². The maximum atomic E-state index is 12.2. The van der Waals surface area contributed by atoms with Crippen LogP contribution in [-0.2, 0) is 10.1 Å². The van der Waals surface area contributed by atoms with Gasteiger partial charge >= 0.3 is 0 Å². The molecule has 0 aliphatic rings. The molecule has 0 spiro atoms. The van der Waals surface area contributed by atoms with Gasteiger partial charge in [0, 0.05) is 11.6 Å². The minimum atomic E-state index is -4.60. The fourth-order valence-corrected chi connectivity index (χ4v) is 2.19. The molecule has 20 heavy (non-hydrogen) atoms. The molecule has 0 radical (unpaired) electrons. The van der Waals surface area contributed by atoms with Crippen LogP contribution in [0.4, 0.5) is 0 Å². The highest BCUT2D eigenvalue weighted by atomic mass is 32.2. The van der Waals surface area contributed by atoms with Gasteiger partial charge in [-0.05, 0) is 6.07 Å². The molecular formula is C13H10O6S. The van der Waals surface area contributed by atoms with E-state index in [0.717, 1.165) is 6.07 Å². The zero-order chi connectivity index (χ0) is 14.9. The standard InChI is InChI=1S/C13H10O6S/c14-11-7-9(20(17,18)19)6-10(13(11)16)12(15)8-4-2-1-3-5-8/h1-7,14,16H,(H,17,18,19). The van der Waals surface area contributed by atoms with Crippen LogP contribution in [0.1, 0.15) is 15.9 Å². The van der Waals surface area contributed by atoms with Crippen LogP contribution in [0.5, 0.6) is 11.5 Å². The molecule has 0 unspecified atom stereocenters. The summed E-state index contributed by atoms with van der Waals surface area (Å²) in [6.07, 6.45) is 0. The maximum absolute atomic E-state index is 12.2. The minimum absolute atomic E-state index is 0.203. The van der Waals surface area contributed by atoms with Crippen molar-refractivity contribution in [3.05, 3.63) is 53.6 Å². The molecule has 3 N–H and O–H groups in total. The molecule has 0 fully saturated rings. The molecule has 0 amide bonds. The van der Waals surface area contributed by atoms with Crippen LogP contribution in [0.25, 0.3) is 0 Å². The Balaban J connectivity index is 2.63. The quantitative estimate of drug-likeness (QED) is 0.450. The third kappa shape index (κ3) is 2.63. The molecule has 0 atom stereocenters. The van der Waals surface area contributed by atoms with E-state index in [1.807, 2.05) is 0 Å². The zero-order valence-electron chi connectivity index (χ0n) is 10.0. The van der Waals surface area contributed by atoms with E-state index in [9.17, 15) is 23.4 Å². The Morgan fingerprint density at radius 1 is 1.00 bits per heavy atom. The van der Waals surface area contributed by atoms with Crippen LogP contribution in [0.15, 0.2) is 47.4 Å². The van der Waals surface area contributed by atoms with Gasteiger partial charge in [0.15, 0.2) is 17.3 Å². The first-order chi connectivity index (χ1) is 9.30. The van der Waals surface area contributed by atoms with Gasteiger partial charge in [-0.25, -0.2) is 0 Å². The number of hydrogen-bond donors (Lipinski definition) is 3. The number of carbonyl (C=O) groups excluding carboxylic acids is 1. The van der Waals surface area contributed by atoms with E-state index >= 15 is 0 Å². The van der Waals surface area contributed by atoms with Crippen molar-refractivity contribution in [3.8, 4) is 11.5 Å². The molecule has 0 saturated heterocycles. The molecule has 7 heteroatoms. The average molecular weight is 294 g/mol. The first kappa shape index (κ1) is 14.0. The van der Waals surface area contributed by atoms with Crippen molar-refractivity contribution in [1.29, 1.82) is 0 Å². The summed E-state index contributed by atoms with van der Waals surface area (Å²) in [5, 5.41) is 19.1. The number of hydrogen-bond acceptors (Lipinski definition) is 5. The number of benzene rings is 2. The normalized spacial score (nSPS) is 11.2. The third-order valence-electron chi connectivity index (χ3n) is 2.64. The van der Waals surface area contributed by atoms with Gasteiger partial charge in [0.05, 0.1) is 10.5 Å². The smallest absolute Gasteiger partial charge is 0.294 e. The second-order valence-electron chi connectivity index (χ2n) is 4.01. The fraction of sp³-hybridized carbons (Fsp3) is 0. The van der Waals surface area contributed by atoms with Crippen LogP contribution in [0, 0.1) is 0 Å². The lowest BCUT2D eigenvalue weighted by atomic mass is 10.0. The van der Waals surface area contributed by atoms with Crippen molar-refractivity contribution in [3.63, 3.8) is 0 Å². The lowest BCUT2D eigenvalue weighted by Crippen LogP contribution is -2.05. The molecule has 0 aromatic heterocycles. The van der Waals surface area contributed by atoms with E-state index in [2.05, 4.69) is 0 Å². The Labute approximate surface area is 114 Å². The first-order valence-electron chi connectivity index (χ1n) is 5.44. The molecule has 0 aliphatic carbocycles. The Morgan fingerprint density at radius 3 is 2.15 bits per heavy atom. The van der Waals surface area contributed by atoms with Crippen LogP contribution in [0.2, 0.25) is 0 Å². The maximum Gasteiger partial charge on any atom is 0.294 e. The SMILES string of the molecule is O=C(c1ccccc1)c1cc(S(=O)(=O)O)cc(O)c1O. The number of phenols is 2. The van der Waals surface area contributed by atoms with Crippen molar-refractivity contribution in [2.45, 2.75) is 4.90 Å². The summed E-state index contributed by atoms with van der Waals surface area (Å²) in [4.78, 5) is 11.5. The summed E-state index contributed by atoms with van der Waals surface area (Å²) in [6.45, 7) is 0. The van der Waals surface area contributed by atoms with Crippen molar-refractivity contribution in [1.82, 2.24) is 0 Å². The number of rotatable bonds is 3. The monoisotopic (exact) mass is 294 g/mol. The molecule has 0 saturated carbocycles. The Hall–Kier alpha value is -2.38. The van der Waals surface area contributed by atoms with E-state index in [4.69, 9.17) is 4.55 Å². The summed E-state index contributed by atoms with van der Waals surface area (Å²) >= 11 is 0. The molecule has 2 aromatic rings. The number of aromatic hydroxyl groups is 2. The largest absolute Gasteiger partial charge is 0.504 e. The van der Waals surface area contributed by atoms with Crippen molar-refractivity contribution in [2.24, 2.45) is 0 Å².